The Kier molecular flexibility index (Phi) is 4.70. The van der Waals surface area contributed by atoms with Crippen molar-refractivity contribution in [2.75, 3.05) is 19.0 Å². The molecule has 0 aliphatic carbocycles. The van der Waals surface area contributed by atoms with E-state index in [1.807, 2.05) is 16.9 Å². The lowest BCUT2D eigenvalue weighted by Crippen LogP contribution is -2.10. The monoisotopic (exact) mass is 274 g/mol. The Morgan fingerprint density at radius 2 is 2.30 bits per heavy atom. The molecular weight excluding hydrogens is 256 g/mol. The third kappa shape index (κ3) is 3.57. The predicted molar refractivity (Wildman–Crippen MR) is 75.6 cm³/mol. The molecule has 0 spiro atoms. The van der Waals surface area contributed by atoms with Crippen molar-refractivity contribution in [1.82, 2.24) is 14.8 Å². The van der Waals surface area contributed by atoms with Gasteiger partial charge in [0.15, 0.2) is 0 Å². The fourth-order valence-corrected chi connectivity index (χ4v) is 1.88. The van der Waals surface area contributed by atoms with Crippen molar-refractivity contribution in [3.8, 4) is 0 Å². The maximum atomic E-state index is 11.4. The highest BCUT2D eigenvalue weighted by Gasteiger charge is 2.10. The molecule has 6 heteroatoms. The highest BCUT2D eigenvalue weighted by atomic mass is 16.5. The number of aryl methyl sites for hydroxylation is 2. The predicted octanol–water partition coefficient (Wildman–Crippen LogP) is 1.88. The van der Waals surface area contributed by atoms with Gasteiger partial charge in [-0.1, -0.05) is 0 Å². The lowest BCUT2D eigenvalue weighted by atomic mass is 10.2. The van der Waals surface area contributed by atoms with E-state index in [2.05, 4.69) is 20.1 Å². The van der Waals surface area contributed by atoms with Crippen LogP contribution in [-0.4, -0.2) is 34.4 Å². The summed E-state index contributed by atoms with van der Waals surface area (Å²) in [7, 11) is 1.36. The number of aromatic nitrogens is 3. The zero-order chi connectivity index (χ0) is 14.4. The van der Waals surface area contributed by atoms with Crippen molar-refractivity contribution >= 4 is 11.8 Å². The minimum atomic E-state index is -0.361. The van der Waals surface area contributed by atoms with Crippen LogP contribution < -0.4 is 5.32 Å². The molecule has 0 fully saturated rings. The number of methoxy groups -OCH3 is 1. The first-order chi connectivity index (χ1) is 9.70. The van der Waals surface area contributed by atoms with Crippen LogP contribution in [0.15, 0.2) is 30.6 Å². The SMILES string of the molecule is COC(=O)c1ccc(NCCCn2cccn2)nc1C. The van der Waals surface area contributed by atoms with Gasteiger partial charge in [0.05, 0.1) is 18.4 Å². The van der Waals surface area contributed by atoms with Gasteiger partial charge in [-0.25, -0.2) is 9.78 Å². The van der Waals surface area contributed by atoms with E-state index in [4.69, 9.17) is 0 Å². The summed E-state index contributed by atoms with van der Waals surface area (Å²) in [6, 6.07) is 5.42. The fourth-order valence-electron chi connectivity index (χ4n) is 1.88. The number of pyridine rings is 1. The first-order valence-electron chi connectivity index (χ1n) is 6.48. The Labute approximate surface area is 117 Å². The van der Waals surface area contributed by atoms with Gasteiger partial charge in [0.1, 0.15) is 5.82 Å². The second-order valence-corrected chi connectivity index (χ2v) is 4.37. The number of hydrogen-bond acceptors (Lipinski definition) is 5. The van der Waals surface area contributed by atoms with E-state index >= 15 is 0 Å². The van der Waals surface area contributed by atoms with Crippen LogP contribution in [0.4, 0.5) is 5.82 Å². The third-order valence-corrected chi connectivity index (χ3v) is 2.92. The van der Waals surface area contributed by atoms with Gasteiger partial charge in [-0.2, -0.15) is 5.10 Å². The van der Waals surface area contributed by atoms with E-state index in [0.717, 1.165) is 25.3 Å². The van der Waals surface area contributed by atoms with E-state index in [0.29, 0.717) is 11.3 Å². The van der Waals surface area contributed by atoms with Gasteiger partial charge in [0.2, 0.25) is 0 Å². The third-order valence-electron chi connectivity index (χ3n) is 2.92. The van der Waals surface area contributed by atoms with Gasteiger partial charge in [-0.15, -0.1) is 0 Å². The van der Waals surface area contributed by atoms with E-state index in [1.54, 1.807) is 25.3 Å². The van der Waals surface area contributed by atoms with Crippen molar-refractivity contribution in [1.29, 1.82) is 0 Å². The van der Waals surface area contributed by atoms with E-state index in [1.165, 1.54) is 7.11 Å². The molecule has 2 rings (SSSR count). The molecule has 6 nitrogen and oxygen atoms in total. The fraction of sp³-hybridized carbons (Fsp3) is 0.357. The molecule has 20 heavy (non-hydrogen) atoms. The number of ether oxygens (including phenoxy) is 1. The number of nitrogens with one attached hydrogen (secondary N) is 1. The number of esters is 1. The molecule has 0 saturated heterocycles. The maximum Gasteiger partial charge on any atom is 0.339 e. The Balaban J connectivity index is 1.84. The highest BCUT2D eigenvalue weighted by molar-refractivity contribution is 5.90. The van der Waals surface area contributed by atoms with Crippen LogP contribution in [0.25, 0.3) is 0 Å². The second-order valence-electron chi connectivity index (χ2n) is 4.37. The summed E-state index contributed by atoms with van der Waals surface area (Å²) in [6.45, 7) is 3.45. The Morgan fingerprint density at radius 3 is 2.95 bits per heavy atom. The summed E-state index contributed by atoms with van der Waals surface area (Å²) < 4.78 is 6.58. The second kappa shape index (κ2) is 6.70. The minimum absolute atomic E-state index is 0.361. The van der Waals surface area contributed by atoms with Crippen molar-refractivity contribution in [2.45, 2.75) is 19.9 Å². The van der Waals surface area contributed by atoms with Gasteiger partial charge in [0.25, 0.3) is 0 Å². The average Bonchev–Trinajstić information content (AvgIpc) is 2.96. The molecule has 1 N–H and O–H groups in total. The van der Waals surface area contributed by atoms with Crippen molar-refractivity contribution < 1.29 is 9.53 Å². The van der Waals surface area contributed by atoms with E-state index in [9.17, 15) is 4.79 Å². The van der Waals surface area contributed by atoms with Crippen molar-refractivity contribution in [3.63, 3.8) is 0 Å². The summed E-state index contributed by atoms with van der Waals surface area (Å²) in [5, 5.41) is 7.36. The Bertz CT molecular complexity index is 567. The number of rotatable bonds is 6. The minimum Gasteiger partial charge on any atom is -0.465 e. The van der Waals surface area contributed by atoms with Crippen LogP contribution in [0.2, 0.25) is 0 Å². The molecule has 0 amide bonds. The number of carbonyl (C=O) groups is 1. The largest absolute Gasteiger partial charge is 0.465 e. The van der Waals surface area contributed by atoms with Crippen LogP contribution in [-0.2, 0) is 11.3 Å². The molecule has 0 aromatic carbocycles. The number of nitrogens with zero attached hydrogens (tertiary/aromatic N) is 3. The lowest BCUT2D eigenvalue weighted by molar-refractivity contribution is 0.0599. The van der Waals surface area contributed by atoms with Crippen LogP contribution in [0.3, 0.4) is 0 Å². The summed E-state index contributed by atoms with van der Waals surface area (Å²) in [6.07, 6.45) is 4.65. The molecule has 0 atom stereocenters. The number of hydrogen-bond donors (Lipinski definition) is 1. The lowest BCUT2D eigenvalue weighted by Gasteiger charge is -2.08. The van der Waals surface area contributed by atoms with Crippen LogP contribution in [0, 0.1) is 6.92 Å². The number of carbonyl (C=O) groups excluding carboxylic acids is 1. The molecule has 0 saturated carbocycles. The first-order valence-corrected chi connectivity index (χ1v) is 6.48. The smallest absolute Gasteiger partial charge is 0.339 e. The molecule has 0 unspecified atom stereocenters. The molecule has 0 aliphatic heterocycles. The van der Waals surface area contributed by atoms with Gasteiger partial charge in [-0.05, 0) is 31.5 Å². The molecule has 0 radical (unpaired) electrons. The normalized spacial score (nSPS) is 10.3. The Hall–Kier alpha value is -2.37. The van der Waals surface area contributed by atoms with Crippen molar-refractivity contribution in [3.05, 3.63) is 41.9 Å². The molecule has 2 heterocycles. The maximum absolute atomic E-state index is 11.4. The van der Waals surface area contributed by atoms with Crippen LogP contribution >= 0.6 is 0 Å². The summed E-state index contributed by atoms with van der Waals surface area (Å²) in [4.78, 5) is 15.8. The van der Waals surface area contributed by atoms with Crippen molar-refractivity contribution in [2.24, 2.45) is 0 Å². The average molecular weight is 274 g/mol. The molecular formula is C14H18N4O2. The van der Waals surface area contributed by atoms with Gasteiger partial charge in [0, 0.05) is 25.5 Å². The summed E-state index contributed by atoms with van der Waals surface area (Å²) in [5.74, 6) is 0.399. The topological polar surface area (TPSA) is 69.0 Å². The standard InChI is InChI=1S/C14H18N4O2/c1-11-12(14(19)20-2)5-6-13(17-11)15-7-3-9-18-10-4-8-16-18/h4-6,8,10H,3,7,9H2,1-2H3,(H,15,17). The van der Waals surface area contributed by atoms with Crippen LogP contribution in [0.5, 0.6) is 0 Å². The zero-order valence-electron chi connectivity index (χ0n) is 11.7. The molecule has 2 aromatic heterocycles. The van der Waals surface area contributed by atoms with E-state index in [-0.39, 0.29) is 5.97 Å². The molecule has 0 bridgehead atoms. The quantitative estimate of drug-likeness (QED) is 0.643. The van der Waals surface area contributed by atoms with Gasteiger partial charge >= 0.3 is 5.97 Å². The molecule has 0 aliphatic rings. The molecule has 2 aromatic rings. The van der Waals surface area contributed by atoms with Crippen LogP contribution in [0.1, 0.15) is 22.5 Å². The summed E-state index contributed by atoms with van der Waals surface area (Å²) in [5.41, 5.74) is 1.16. The Morgan fingerprint density at radius 1 is 1.45 bits per heavy atom. The van der Waals surface area contributed by atoms with Gasteiger partial charge < -0.3 is 10.1 Å². The van der Waals surface area contributed by atoms with E-state index < -0.39 is 0 Å². The summed E-state index contributed by atoms with van der Waals surface area (Å²) >= 11 is 0. The zero-order valence-corrected chi connectivity index (χ0v) is 11.7. The number of anilines is 1. The highest BCUT2D eigenvalue weighted by Crippen LogP contribution is 2.11. The molecule has 106 valence electrons. The first kappa shape index (κ1) is 14.0. The van der Waals surface area contributed by atoms with Gasteiger partial charge in [-0.3, -0.25) is 4.68 Å².